The number of benzene rings is 2. The number of hydrogen-bond acceptors (Lipinski definition) is 3. The van der Waals surface area contributed by atoms with Gasteiger partial charge in [0.05, 0.1) is 5.97 Å². The third-order valence-corrected chi connectivity index (χ3v) is 6.14. The second-order valence-electron chi connectivity index (χ2n) is 6.77. The maximum Gasteiger partial charge on any atom is 1.00 e. The Morgan fingerprint density at radius 2 is 1.73 bits per heavy atom. The van der Waals surface area contributed by atoms with Gasteiger partial charge in [0, 0.05) is 21.8 Å². The molecule has 132 valence electrons. The van der Waals surface area contributed by atoms with Crippen LogP contribution in [0, 0.1) is 0 Å². The summed E-state index contributed by atoms with van der Waals surface area (Å²) >= 11 is 1.67. The predicted octanol–water partition coefficient (Wildman–Crippen LogP) is 2.01. The molecule has 0 fully saturated rings. The molecule has 0 saturated carbocycles. The Hall–Kier alpha value is -0.104. The average Bonchev–Trinajstić information content (AvgIpc) is 2.62. The fraction of sp³-hybridized carbons (Fsp3) is 0.409. The van der Waals surface area contributed by atoms with Crippen LogP contribution in [-0.2, 0) is 12.8 Å². The number of carbonyl (C=O) groups excluding carboxylic acids is 1. The fourth-order valence-corrected chi connectivity index (χ4v) is 4.65. The zero-order chi connectivity index (χ0) is 17.6. The minimum Gasteiger partial charge on any atom is -0.545 e. The SMILES string of the molecule is CCCCCCCCc1ccc2c(c1C(=O)[O-])Cc1ccccc1S2.[K+]. The van der Waals surface area contributed by atoms with E-state index in [1.807, 2.05) is 18.2 Å². The first-order valence-electron chi connectivity index (χ1n) is 9.32. The Morgan fingerprint density at radius 3 is 2.50 bits per heavy atom. The van der Waals surface area contributed by atoms with Crippen molar-refractivity contribution in [1.29, 1.82) is 0 Å². The van der Waals surface area contributed by atoms with Crippen molar-refractivity contribution < 1.29 is 61.3 Å². The molecule has 0 N–H and O–H groups in total. The summed E-state index contributed by atoms with van der Waals surface area (Å²) in [6.45, 7) is 2.22. The van der Waals surface area contributed by atoms with E-state index in [0.717, 1.165) is 28.9 Å². The first kappa shape index (κ1) is 22.2. The molecule has 0 aromatic heterocycles. The minimum atomic E-state index is -1.03. The molecule has 0 bridgehead atoms. The molecule has 1 aliphatic heterocycles. The maximum atomic E-state index is 11.9. The zero-order valence-electron chi connectivity index (χ0n) is 15.8. The second kappa shape index (κ2) is 11.0. The molecule has 26 heavy (non-hydrogen) atoms. The standard InChI is InChI=1S/C22H26O2S.K/c1-2-3-4-5-6-7-10-16-13-14-20-18(21(16)22(23)24)15-17-11-8-9-12-19(17)25-20;/h8-9,11-14H,2-7,10,15H2,1H3,(H,23,24);/q;+1/p-1. The summed E-state index contributed by atoms with van der Waals surface area (Å²) in [4.78, 5) is 14.1. The van der Waals surface area contributed by atoms with Gasteiger partial charge in [-0.05, 0) is 41.7 Å². The summed E-state index contributed by atoms with van der Waals surface area (Å²) < 4.78 is 0. The molecule has 0 atom stereocenters. The molecule has 3 rings (SSSR count). The Morgan fingerprint density at radius 1 is 1.00 bits per heavy atom. The number of fused-ring (bicyclic) bond motifs is 2. The van der Waals surface area contributed by atoms with E-state index in [2.05, 4.69) is 25.1 Å². The molecule has 2 aromatic rings. The normalized spacial score (nSPS) is 12.0. The van der Waals surface area contributed by atoms with Gasteiger partial charge in [0.15, 0.2) is 0 Å². The Bertz CT molecular complexity index is 758. The summed E-state index contributed by atoms with van der Waals surface area (Å²) in [5, 5.41) is 11.9. The number of rotatable bonds is 8. The van der Waals surface area contributed by atoms with Gasteiger partial charge in [0.1, 0.15) is 0 Å². The number of carboxylic acids is 1. The minimum absolute atomic E-state index is 0. The molecule has 0 saturated heterocycles. The van der Waals surface area contributed by atoms with Crippen molar-refractivity contribution in [3.63, 3.8) is 0 Å². The van der Waals surface area contributed by atoms with E-state index in [0.29, 0.717) is 12.0 Å². The smallest absolute Gasteiger partial charge is 0.545 e. The van der Waals surface area contributed by atoms with Crippen LogP contribution in [0.2, 0.25) is 0 Å². The molecule has 0 unspecified atom stereocenters. The van der Waals surface area contributed by atoms with Crippen molar-refractivity contribution in [2.24, 2.45) is 0 Å². The molecule has 1 heterocycles. The molecule has 1 aliphatic rings. The molecule has 2 nitrogen and oxygen atoms in total. The van der Waals surface area contributed by atoms with Gasteiger partial charge in [-0.25, -0.2) is 0 Å². The zero-order valence-corrected chi connectivity index (χ0v) is 19.8. The van der Waals surface area contributed by atoms with Crippen molar-refractivity contribution in [3.05, 3.63) is 58.7 Å². The maximum absolute atomic E-state index is 11.9. The van der Waals surface area contributed by atoms with Gasteiger partial charge in [-0.3, -0.25) is 0 Å². The molecule has 0 aliphatic carbocycles. The summed E-state index contributed by atoms with van der Waals surface area (Å²) in [5.41, 5.74) is 3.52. The van der Waals surface area contributed by atoms with E-state index in [1.54, 1.807) is 11.8 Å². The van der Waals surface area contributed by atoms with E-state index in [9.17, 15) is 9.90 Å². The third-order valence-electron chi connectivity index (χ3n) is 4.92. The van der Waals surface area contributed by atoms with Crippen LogP contribution in [0.5, 0.6) is 0 Å². The summed E-state index contributed by atoms with van der Waals surface area (Å²) in [5.74, 6) is -1.03. The van der Waals surface area contributed by atoms with Crippen LogP contribution < -0.4 is 56.5 Å². The van der Waals surface area contributed by atoms with Crippen LogP contribution in [0.1, 0.15) is 72.5 Å². The molecule has 2 aromatic carbocycles. The van der Waals surface area contributed by atoms with Gasteiger partial charge < -0.3 is 9.90 Å². The van der Waals surface area contributed by atoms with Crippen molar-refractivity contribution in [2.75, 3.05) is 0 Å². The molecular weight excluding hydrogens is 367 g/mol. The van der Waals surface area contributed by atoms with Crippen LogP contribution >= 0.6 is 11.8 Å². The van der Waals surface area contributed by atoms with E-state index in [4.69, 9.17) is 0 Å². The van der Waals surface area contributed by atoms with E-state index < -0.39 is 5.97 Å². The molecule has 0 radical (unpaired) electrons. The van der Waals surface area contributed by atoms with Crippen LogP contribution in [0.25, 0.3) is 0 Å². The van der Waals surface area contributed by atoms with Crippen LogP contribution in [0.4, 0.5) is 0 Å². The summed E-state index contributed by atoms with van der Waals surface area (Å²) in [7, 11) is 0. The van der Waals surface area contributed by atoms with Crippen molar-refractivity contribution in [3.8, 4) is 0 Å². The van der Waals surface area contributed by atoms with Gasteiger partial charge in [-0.1, -0.05) is 75.1 Å². The van der Waals surface area contributed by atoms with E-state index in [-0.39, 0.29) is 51.4 Å². The van der Waals surface area contributed by atoms with E-state index >= 15 is 0 Å². The van der Waals surface area contributed by atoms with E-state index in [1.165, 1.54) is 42.6 Å². The van der Waals surface area contributed by atoms with Gasteiger partial charge in [0.2, 0.25) is 0 Å². The number of hydrogen-bond donors (Lipinski definition) is 0. The Kier molecular flexibility index (Phi) is 9.42. The largest absolute Gasteiger partial charge is 1.00 e. The first-order valence-corrected chi connectivity index (χ1v) is 10.1. The number of unbranched alkanes of at least 4 members (excludes halogenated alkanes) is 5. The van der Waals surface area contributed by atoms with Gasteiger partial charge >= 0.3 is 51.4 Å². The van der Waals surface area contributed by atoms with Gasteiger partial charge in [-0.2, -0.15) is 0 Å². The van der Waals surface area contributed by atoms with Crippen LogP contribution in [-0.4, -0.2) is 5.97 Å². The summed E-state index contributed by atoms with van der Waals surface area (Å²) in [6, 6.07) is 12.3. The van der Waals surface area contributed by atoms with Gasteiger partial charge in [0.25, 0.3) is 0 Å². The Labute approximate surface area is 203 Å². The van der Waals surface area contributed by atoms with Crippen molar-refractivity contribution in [1.82, 2.24) is 0 Å². The topological polar surface area (TPSA) is 40.1 Å². The van der Waals surface area contributed by atoms with Crippen molar-refractivity contribution in [2.45, 2.75) is 68.1 Å². The summed E-state index contributed by atoms with van der Waals surface area (Å²) in [6.07, 6.45) is 8.79. The molecular formula is C22H25KO2S. The van der Waals surface area contributed by atoms with Crippen LogP contribution in [0.15, 0.2) is 46.2 Å². The number of aromatic carboxylic acids is 1. The van der Waals surface area contributed by atoms with Crippen LogP contribution in [0.3, 0.4) is 0 Å². The van der Waals surface area contributed by atoms with Crippen molar-refractivity contribution >= 4 is 17.7 Å². The first-order chi connectivity index (χ1) is 12.2. The number of carbonyl (C=O) groups is 1. The molecule has 4 heteroatoms. The molecule has 0 amide bonds. The Balaban J connectivity index is 0.00000243. The third kappa shape index (κ3) is 5.46. The monoisotopic (exact) mass is 392 g/mol. The number of aryl methyl sites for hydroxylation is 1. The quantitative estimate of drug-likeness (QED) is 0.435. The second-order valence-corrected chi connectivity index (χ2v) is 7.85. The fourth-order valence-electron chi connectivity index (χ4n) is 3.57. The molecule has 0 spiro atoms. The predicted molar refractivity (Wildman–Crippen MR) is 101 cm³/mol. The number of carboxylic acid groups (broad SMARTS) is 1. The average molecular weight is 393 g/mol. The van der Waals surface area contributed by atoms with Gasteiger partial charge in [-0.15, -0.1) is 0 Å².